The van der Waals surface area contributed by atoms with Crippen LogP contribution in [0.25, 0.3) is 0 Å². The first-order chi connectivity index (χ1) is 8.91. The summed E-state index contributed by atoms with van der Waals surface area (Å²) in [6.07, 6.45) is 1.31. The molecule has 0 spiro atoms. The monoisotopic (exact) mass is 347 g/mol. The highest BCUT2D eigenvalue weighted by Gasteiger charge is 2.24. The number of ether oxygens (including phenoxy) is 1. The first-order valence-electron chi connectivity index (χ1n) is 6.22. The molecule has 0 aliphatic carbocycles. The van der Waals surface area contributed by atoms with Gasteiger partial charge in [0.1, 0.15) is 15.6 Å². The molecule has 1 aliphatic rings. The number of nitrogens with one attached hydrogen (secondary N) is 1. The molecule has 2 rings (SSSR count). The normalized spacial score (nSPS) is 19.1. The zero-order valence-electron chi connectivity index (χ0n) is 11.1. The first-order valence-corrected chi connectivity index (χ1v) is 8.84. The summed E-state index contributed by atoms with van der Waals surface area (Å²) < 4.78 is 29.2. The molecule has 6 heteroatoms. The molecule has 0 amide bonds. The lowest BCUT2D eigenvalue weighted by molar-refractivity contribution is 0.415. The zero-order chi connectivity index (χ0) is 14.0. The van der Waals surface area contributed by atoms with Gasteiger partial charge in [-0.25, -0.2) is 8.42 Å². The third-order valence-electron chi connectivity index (χ3n) is 3.39. The molecule has 106 valence electrons. The summed E-state index contributed by atoms with van der Waals surface area (Å²) in [5.41, 5.74) is 2.04. The van der Waals surface area contributed by atoms with Gasteiger partial charge in [-0.15, -0.1) is 0 Å². The minimum absolute atomic E-state index is 0.192. The fraction of sp³-hybridized carbons (Fsp3) is 0.538. The van der Waals surface area contributed by atoms with Crippen molar-refractivity contribution in [1.29, 1.82) is 0 Å². The van der Waals surface area contributed by atoms with Gasteiger partial charge < -0.3 is 10.1 Å². The Labute approximate surface area is 122 Å². The van der Waals surface area contributed by atoms with E-state index in [1.54, 1.807) is 7.11 Å². The lowest BCUT2D eigenvalue weighted by Gasteiger charge is -2.26. The Morgan fingerprint density at radius 1 is 1.32 bits per heavy atom. The SMILES string of the molecule is COc1cc(Br)cc(C)c1NC1CCS(=O)(=O)CC1. The molecule has 1 N–H and O–H groups in total. The van der Waals surface area contributed by atoms with Crippen molar-refractivity contribution in [1.82, 2.24) is 0 Å². The molecule has 0 unspecified atom stereocenters. The number of anilines is 1. The quantitative estimate of drug-likeness (QED) is 0.913. The fourth-order valence-corrected chi connectivity index (χ4v) is 4.34. The zero-order valence-corrected chi connectivity index (χ0v) is 13.5. The van der Waals surface area contributed by atoms with Gasteiger partial charge in [-0.2, -0.15) is 0 Å². The molecule has 0 saturated carbocycles. The predicted octanol–water partition coefficient (Wildman–Crippen LogP) is 2.76. The number of aryl methyl sites for hydroxylation is 1. The van der Waals surface area contributed by atoms with Crippen LogP contribution in [0.4, 0.5) is 5.69 Å². The van der Waals surface area contributed by atoms with Gasteiger partial charge in [0.05, 0.1) is 24.3 Å². The summed E-state index contributed by atoms with van der Waals surface area (Å²) >= 11 is 3.44. The summed E-state index contributed by atoms with van der Waals surface area (Å²) in [4.78, 5) is 0. The third-order valence-corrected chi connectivity index (χ3v) is 5.56. The smallest absolute Gasteiger partial charge is 0.150 e. The van der Waals surface area contributed by atoms with E-state index in [0.29, 0.717) is 12.8 Å². The van der Waals surface area contributed by atoms with Gasteiger partial charge in [0.25, 0.3) is 0 Å². The van der Waals surface area contributed by atoms with Crippen LogP contribution >= 0.6 is 15.9 Å². The largest absolute Gasteiger partial charge is 0.495 e. The topological polar surface area (TPSA) is 55.4 Å². The predicted molar refractivity (Wildman–Crippen MR) is 80.7 cm³/mol. The van der Waals surface area contributed by atoms with Crippen LogP contribution in [0.15, 0.2) is 16.6 Å². The van der Waals surface area contributed by atoms with Crippen LogP contribution in [0.2, 0.25) is 0 Å². The number of halogens is 1. The van der Waals surface area contributed by atoms with Gasteiger partial charge >= 0.3 is 0 Å². The second-order valence-electron chi connectivity index (χ2n) is 4.87. The number of hydrogen-bond acceptors (Lipinski definition) is 4. The Morgan fingerprint density at radius 3 is 2.53 bits per heavy atom. The van der Waals surface area contributed by atoms with Crippen LogP contribution in [0, 0.1) is 6.92 Å². The Balaban J connectivity index is 2.16. The van der Waals surface area contributed by atoms with Crippen molar-refractivity contribution in [3.63, 3.8) is 0 Å². The van der Waals surface area contributed by atoms with Crippen LogP contribution in [-0.2, 0) is 9.84 Å². The summed E-state index contributed by atoms with van der Waals surface area (Å²) in [5.74, 6) is 1.31. The average molecular weight is 348 g/mol. The molecule has 0 radical (unpaired) electrons. The highest BCUT2D eigenvalue weighted by molar-refractivity contribution is 9.10. The molecule has 0 bridgehead atoms. The van der Waals surface area contributed by atoms with E-state index in [0.717, 1.165) is 21.5 Å². The highest BCUT2D eigenvalue weighted by Crippen LogP contribution is 2.33. The van der Waals surface area contributed by atoms with E-state index in [-0.39, 0.29) is 17.5 Å². The van der Waals surface area contributed by atoms with Crippen LogP contribution in [0.5, 0.6) is 5.75 Å². The number of rotatable bonds is 3. The maximum atomic E-state index is 11.4. The third kappa shape index (κ3) is 3.63. The number of hydrogen-bond donors (Lipinski definition) is 1. The molecule has 0 atom stereocenters. The van der Waals surface area contributed by atoms with Gasteiger partial charge in [0.2, 0.25) is 0 Å². The van der Waals surface area contributed by atoms with E-state index in [1.807, 2.05) is 19.1 Å². The van der Waals surface area contributed by atoms with Crippen molar-refractivity contribution in [2.45, 2.75) is 25.8 Å². The van der Waals surface area contributed by atoms with Gasteiger partial charge in [-0.3, -0.25) is 0 Å². The summed E-state index contributed by atoms with van der Waals surface area (Å²) in [6.45, 7) is 2.01. The van der Waals surface area contributed by atoms with Gasteiger partial charge in [-0.05, 0) is 37.5 Å². The second kappa shape index (κ2) is 5.71. The molecule has 4 nitrogen and oxygen atoms in total. The molecule has 1 aromatic rings. The number of methoxy groups -OCH3 is 1. The van der Waals surface area contributed by atoms with E-state index in [1.165, 1.54) is 0 Å². The van der Waals surface area contributed by atoms with Gasteiger partial charge in [0, 0.05) is 10.5 Å². The van der Waals surface area contributed by atoms with E-state index >= 15 is 0 Å². The highest BCUT2D eigenvalue weighted by atomic mass is 79.9. The molecule has 19 heavy (non-hydrogen) atoms. The van der Waals surface area contributed by atoms with Gasteiger partial charge in [0.15, 0.2) is 0 Å². The molecule has 0 aromatic heterocycles. The maximum Gasteiger partial charge on any atom is 0.150 e. The van der Waals surface area contributed by atoms with Crippen LogP contribution in [0.1, 0.15) is 18.4 Å². The number of sulfone groups is 1. The molecular formula is C13H18BrNO3S. The molecule has 1 fully saturated rings. The van der Waals surface area contributed by atoms with Crippen molar-refractivity contribution in [3.05, 3.63) is 22.2 Å². The molecule has 1 aliphatic heterocycles. The minimum atomic E-state index is -2.82. The standard InChI is InChI=1S/C13H18BrNO3S/c1-9-7-10(14)8-12(18-2)13(9)15-11-3-5-19(16,17)6-4-11/h7-8,11,15H,3-6H2,1-2H3. The van der Waals surface area contributed by atoms with Crippen molar-refractivity contribution in [2.24, 2.45) is 0 Å². The lowest BCUT2D eigenvalue weighted by atomic mass is 10.1. The van der Waals surface area contributed by atoms with Crippen LogP contribution < -0.4 is 10.1 Å². The van der Waals surface area contributed by atoms with E-state index in [9.17, 15) is 8.42 Å². The Morgan fingerprint density at radius 2 is 1.95 bits per heavy atom. The van der Waals surface area contributed by atoms with Crippen molar-refractivity contribution in [3.8, 4) is 5.75 Å². The van der Waals surface area contributed by atoms with Crippen molar-refractivity contribution < 1.29 is 13.2 Å². The minimum Gasteiger partial charge on any atom is -0.495 e. The van der Waals surface area contributed by atoms with Crippen LogP contribution in [-0.4, -0.2) is 33.1 Å². The van der Waals surface area contributed by atoms with Crippen molar-refractivity contribution in [2.75, 3.05) is 23.9 Å². The summed E-state index contributed by atoms with van der Waals surface area (Å²) in [7, 11) is -1.18. The molecule has 1 saturated heterocycles. The van der Waals surface area contributed by atoms with Crippen molar-refractivity contribution >= 4 is 31.5 Å². The molecule has 1 heterocycles. The van der Waals surface area contributed by atoms with E-state index in [2.05, 4.69) is 21.2 Å². The first kappa shape index (κ1) is 14.7. The Bertz CT molecular complexity index is 557. The van der Waals surface area contributed by atoms with Crippen LogP contribution in [0.3, 0.4) is 0 Å². The fourth-order valence-electron chi connectivity index (χ4n) is 2.30. The Hall–Kier alpha value is -0.750. The second-order valence-corrected chi connectivity index (χ2v) is 8.09. The summed E-state index contributed by atoms with van der Waals surface area (Å²) in [5, 5.41) is 3.42. The van der Waals surface area contributed by atoms with E-state index < -0.39 is 9.84 Å². The lowest BCUT2D eigenvalue weighted by Crippen LogP contribution is -2.32. The summed E-state index contributed by atoms with van der Waals surface area (Å²) in [6, 6.07) is 4.12. The molecular weight excluding hydrogens is 330 g/mol. The Kier molecular flexibility index (Phi) is 4.40. The average Bonchev–Trinajstić information content (AvgIpc) is 2.34. The number of benzene rings is 1. The van der Waals surface area contributed by atoms with Gasteiger partial charge in [-0.1, -0.05) is 15.9 Å². The maximum absolute atomic E-state index is 11.4. The van der Waals surface area contributed by atoms with E-state index in [4.69, 9.17) is 4.74 Å². The molecule has 1 aromatic carbocycles.